The Balaban J connectivity index is 7.58. The van der Waals surface area contributed by atoms with Crippen molar-refractivity contribution >= 4 is 15.9 Å². The average Bonchev–Trinajstić information content (AvgIpc) is 2.80. The van der Waals surface area contributed by atoms with E-state index in [4.69, 9.17) is 4.55 Å². The quantitative estimate of drug-likeness (QED) is 0.155. The molecule has 0 atom stereocenters. The van der Waals surface area contributed by atoms with Crippen LogP contribution < -0.4 is 0 Å². The molecule has 0 unspecified atom stereocenters. The van der Waals surface area contributed by atoms with E-state index in [9.17, 15) is 132 Å². The summed E-state index contributed by atoms with van der Waals surface area (Å²) in [5.41, 5.74) is 0. The first kappa shape index (κ1) is 43.7. The number of hydrogen-bond acceptors (Lipinski definition) is 3. The van der Waals surface area contributed by atoms with Crippen molar-refractivity contribution in [2.75, 3.05) is 0 Å². The van der Waals surface area contributed by atoms with Gasteiger partial charge in [-0.05, 0) is 0 Å². The van der Waals surface area contributed by atoms with Crippen LogP contribution in [0.15, 0.2) is 0 Å². The summed E-state index contributed by atoms with van der Waals surface area (Å²) in [5, 5.41) is -8.30. The Morgan fingerprint density at radius 2 is 0.522 bits per heavy atom. The fourth-order valence-corrected chi connectivity index (χ4v) is 2.89. The Morgan fingerprint density at radius 1 is 0.348 bits per heavy atom. The van der Waals surface area contributed by atoms with E-state index in [-0.39, 0.29) is 0 Å². The van der Waals surface area contributed by atoms with E-state index < -0.39 is 92.5 Å². The molecule has 0 saturated carbocycles. The maximum atomic E-state index is 13.6. The van der Waals surface area contributed by atoms with Crippen molar-refractivity contribution in [2.24, 2.45) is 0 Å². The average molecular weight is 778 g/mol. The van der Waals surface area contributed by atoms with E-state index in [2.05, 4.69) is 0 Å². The van der Waals surface area contributed by atoms with Gasteiger partial charge >= 0.3 is 92.5 Å². The Bertz CT molecular complexity index is 1290. The molecular formula is C14HF27O4S. The van der Waals surface area contributed by atoms with Gasteiger partial charge in [0.2, 0.25) is 0 Å². The fraction of sp³-hybridized carbons (Fsp3) is 0.929. The Kier molecular flexibility index (Phi) is 9.83. The van der Waals surface area contributed by atoms with Gasteiger partial charge in [-0.1, -0.05) is 0 Å². The van der Waals surface area contributed by atoms with Crippen LogP contribution >= 0.6 is 0 Å². The Morgan fingerprint density at radius 3 is 0.696 bits per heavy atom. The minimum Gasteiger partial charge on any atom is -0.282 e. The second-order valence-corrected chi connectivity index (χ2v) is 9.60. The summed E-state index contributed by atoms with van der Waals surface area (Å²) in [6.07, 6.45) is -7.58. The molecular weight excluding hydrogens is 777 g/mol. The van der Waals surface area contributed by atoms with Gasteiger partial charge in [0.25, 0.3) is 0 Å². The normalized spacial score (nSPS) is 17.0. The van der Waals surface area contributed by atoms with Gasteiger partial charge in [-0.2, -0.15) is 127 Å². The third-order valence-corrected chi connectivity index (χ3v) is 6.08. The molecule has 0 heterocycles. The lowest BCUT2D eigenvalue weighted by atomic mass is 9.84. The van der Waals surface area contributed by atoms with Gasteiger partial charge in [-0.25, -0.2) is 0 Å². The van der Waals surface area contributed by atoms with E-state index in [1.165, 1.54) is 0 Å². The van der Waals surface area contributed by atoms with Crippen molar-refractivity contribution in [2.45, 2.75) is 76.6 Å². The predicted molar refractivity (Wildman–Crippen MR) is 82.0 cm³/mol. The summed E-state index contributed by atoms with van der Waals surface area (Å²) in [7, 11) is -8.32. The highest BCUT2D eigenvalue weighted by molar-refractivity contribution is 7.87. The summed E-state index contributed by atoms with van der Waals surface area (Å²) in [6, 6.07) is 0. The first-order chi connectivity index (χ1) is 19.2. The lowest BCUT2D eigenvalue weighted by Gasteiger charge is -2.45. The van der Waals surface area contributed by atoms with Crippen LogP contribution in [-0.2, 0) is 14.9 Å². The van der Waals surface area contributed by atoms with Gasteiger partial charge in [-0.15, -0.1) is 0 Å². The van der Waals surface area contributed by atoms with Crippen LogP contribution in [0.3, 0.4) is 0 Å². The summed E-state index contributed by atoms with van der Waals surface area (Å²) < 4.78 is 386. The van der Waals surface area contributed by atoms with Crippen molar-refractivity contribution < 1.29 is 136 Å². The van der Waals surface area contributed by atoms with E-state index in [1.54, 1.807) is 0 Å². The van der Waals surface area contributed by atoms with Crippen LogP contribution in [0.25, 0.3) is 0 Å². The lowest BCUT2D eigenvalue weighted by Crippen LogP contribution is -2.79. The molecule has 0 fully saturated rings. The minimum atomic E-state index is -9.95. The van der Waals surface area contributed by atoms with Crippen LogP contribution in [0.4, 0.5) is 119 Å². The number of hydrogen-bond donors (Lipinski definition) is 1. The molecule has 4 nitrogen and oxygen atoms in total. The molecule has 0 radical (unpaired) electrons. The van der Waals surface area contributed by atoms with Crippen molar-refractivity contribution in [1.29, 1.82) is 0 Å². The molecule has 0 spiro atoms. The zero-order valence-electron chi connectivity index (χ0n) is 19.3. The molecule has 0 aliphatic carbocycles. The van der Waals surface area contributed by atoms with Crippen molar-refractivity contribution in [1.82, 2.24) is 0 Å². The van der Waals surface area contributed by atoms with Gasteiger partial charge in [0, 0.05) is 0 Å². The van der Waals surface area contributed by atoms with Gasteiger partial charge in [-0.3, -0.25) is 9.35 Å². The standard InChI is InChI=1S/C14HF27O4S/c15-2(16,1(42)3(17,18)19)4(20,21)5(22,23)6(24,25)7(26,27)8(28,29)9(30,31)10(32,33)11(34,35)12(36,37)13(38,39)14(40,41)46(43,44)45/h(H,43,44,45). The molecule has 0 aliphatic heterocycles. The molecule has 0 aromatic heterocycles. The number of Topliss-reactive ketones (excluding diaryl/α,β-unsaturated/α-hetero) is 1. The highest BCUT2D eigenvalue weighted by atomic mass is 32.2. The molecule has 0 saturated heterocycles. The zero-order chi connectivity index (χ0) is 38.6. The molecule has 46 heavy (non-hydrogen) atoms. The smallest absolute Gasteiger partial charge is 0.282 e. The van der Waals surface area contributed by atoms with Crippen molar-refractivity contribution in [3.63, 3.8) is 0 Å². The second-order valence-electron chi connectivity index (χ2n) is 8.14. The molecule has 0 bridgehead atoms. The van der Waals surface area contributed by atoms with E-state index in [0.29, 0.717) is 0 Å². The number of rotatable bonds is 13. The van der Waals surface area contributed by atoms with E-state index in [0.717, 1.165) is 0 Å². The first-order valence-electron chi connectivity index (χ1n) is 9.28. The SMILES string of the molecule is O=C(C(F)(F)F)C(F)(F)C(F)(F)C(F)(F)C(F)(F)C(F)(F)C(F)(F)C(F)(F)C(F)(F)C(F)(F)C(F)(F)C(F)(F)C(F)(F)S(=O)(=O)O. The molecule has 0 aromatic carbocycles. The van der Waals surface area contributed by atoms with Gasteiger partial charge in [0.1, 0.15) is 0 Å². The maximum Gasteiger partial charge on any atom is 0.456 e. The number of ketones is 1. The van der Waals surface area contributed by atoms with Crippen LogP contribution in [0.2, 0.25) is 0 Å². The molecule has 276 valence electrons. The number of halogens is 27. The van der Waals surface area contributed by atoms with E-state index in [1.807, 2.05) is 0 Å². The van der Waals surface area contributed by atoms with Crippen LogP contribution in [0.1, 0.15) is 0 Å². The van der Waals surface area contributed by atoms with Crippen LogP contribution in [0.5, 0.6) is 0 Å². The third-order valence-electron chi connectivity index (χ3n) is 5.18. The van der Waals surface area contributed by atoms with Gasteiger partial charge < -0.3 is 0 Å². The monoisotopic (exact) mass is 778 g/mol. The second kappa shape index (κ2) is 10.3. The fourth-order valence-electron chi connectivity index (χ4n) is 2.44. The molecule has 0 aliphatic rings. The van der Waals surface area contributed by atoms with Crippen molar-refractivity contribution in [3.8, 4) is 0 Å². The summed E-state index contributed by atoms with van der Waals surface area (Å²) >= 11 is 0. The lowest BCUT2D eigenvalue weighted by molar-refractivity contribution is -0.476. The Labute approximate surface area is 230 Å². The first-order valence-corrected chi connectivity index (χ1v) is 10.7. The molecule has 32 heteroatoms. The topological polar surface area (TPSA) is 71.4 Å². The van der Waals surface area contributed by atoms with Gasteiger partial charge in [0.15, 0.2) is 0 Å². The largest absolute Gasteiger partial charge is 0.456 e. The van der Waals surface area contributed by atoms with E-state index >= 15 is 0 Å². The maximum absolute atomic E-state index is 13.6. The summed E-state index contributed by atoms with van der Waals surface area (Å²) in [5.74, 6) is -110. The minimum absolute atomic E-state index is 5.63. The van der Waals surface area contributed by atoms with Gasteiger partial charge in [0.05, 0.1) is 0 Å². The zero-order valence-corrected chi connectivity index (χ0v) is 20.1. The number of carbonyl (C=O) groups is 1. The number of alkyl halides is 27. The molecule has 0 aromatic rings. The molecule has 0 rings (SSSR count). The Hall–Kier alpha value is -2.31. The highest BCUT2D eigenvalue weighted by Crippen LogP contribution is 2.68. The van der Waals surface area contributed by atoms with Crippen molar-refractivity contribution in [3.05, 3.63) is 0 Å². The van der Waals surface area contributed by atoms with Crippen LogP contribution in [-0.4, -0.2) is 95.3 Å². The predicted octanol–water partition coefficient (Wildman–Crippen LogP) is 7.59. The molecule has 0 amide bonds. The summed E-state index contributed by atoms with van der Waals surface area (Å²) in [4.78, 5) is 10.3. The summed E-state index contributed by atoms with van der Waals surface area (Å²) in [6.45, 7) is 0. The third kappa shape index (κ3) is 4.98. The van der Waals surface area contributed by atoms with Crippen LogP contribution in [0, 0.1) is 0 Å². The molecule has 1 N–H and O–H groups in total. The number of carbonyl (C=O) groups excluding carboxylic acids is 1. The highest BCUT2D eigenvalue weighted by Gasteiger charge is 3.00.